The van der Waals surface area contributed by atoms with Gasteiger partial charge in [-0.05, 0) is 67.3 Å². The number of ether oxygens (including phenoxy) is 1. The average molecular weight is 510 g/mol. The number of nitrogens with one attached hydrogen (secondary N) is 1. The van der Waals surface area contributed by atoms with Gasteiger partial charge in [0.15, 0.2) is 0 Å². The molecule has 182 valence electrons. The van der Waals surface area contributed by atoms with Gasteiger partial charge in [0.2, 0.25) is 5.91 Å². The van der Waals surface area contributed by atoms with E-state index in [1.807, 2.05) is 61.5 Å². The monoisotopic (exact) mass is 509 g/mol. The van der Waals surface area contributed by atoms with E-state index in [2.05, 4.69) is 16.0 Å². The number of para-hydroxylation sites is 2. The first-order valence-corrected chi connectivity index (χ1v) is 12.6. The first-order chi connectivity index (χ1) is 17.0. The number of carbonyl (C=O) groups excluding carboxylic acids is 1. The van der Waals surface area contributed by atoms with Crippen LogP contribution >= 0.6 is 23.2 Å². The molecule has 7 heteroatoms. The van der Waals surface area contributed by atoms with E-state index < -0.39 is 0 Å². The third-order valence-electron chi connectivity index (χ3n) is 5.87. The van der Waals surface area contributed by atoms with E-state index in [1.54, 1.807) is 6.07 Å². The van der Waals surface area contributed by atoms with Gasteiger partial charge < -0.3 is 14.6 Å². The Morgan fingerprint density at radius 3 is 2.63 bits per heavy atom. The van der Waals surface area contributed by atoms with Gasteiger partial charge in [-0.2, -0.15) is 0 Å². The highest BCUT2D eigenvalue weighted by Crippen LogP contribution is 2.22. The molecule has 3 aromatic carbocycles. The number of nitrogens with zero attached hydrogens (tertiary/aromatic N) is 2. The molecule has 0 aliphatic heterocycles. The SMILES string of the molecule is Cc1cc(OCCCn2c(CCCNC(=O)Cc3ccccc3Cl)nc3ccccc32)ccc1Cl. The molecule has 0 unspecified atom stereocenters. The summed E-state index contributed by atoms with van der Waals surface area (Å²) in [6, 6.07) is 21.3. The van der Waals surface area contributed by atoms with Crippen molar-refractivity contribution >= 4 is 40.1 Å². The quantitative estimate of drug-likeness (QED) is 0.237. The molecule has 0 bridgehead atoms. The van der Waals surface area contributed by atoms with Gasteiger partial charge in [0.1, 0.15) is 11.6 Å². The fourth-order valence-electron chi connectivity index (χ4n) is 4.04. The number of aryl methyl sites for hydroxylation is 3. The van der Waals surface area contributed by atoms with Crippen molar-refractivity contribution in [3.8, 4) is 5.75 Å². The van der Waals surface area contributed by atoms with Crippen LogP contribution in [0.3, 0.4) is 0 Å². The van der Waals surface area contributed by atoms with Crippen molar-refractivity contribution in [3.05, 3.63) is 93.7 Å². The number of benzene rings is 3. The molecule has 0 saturated heterocycles. The van der Waals surface area contributed by atoms with Gasteiger partial charge in [-0.3, -0.25) is 4.79 Å². The van der Waals surface area contributed by atoms with E-state index in [0.717, 1.165) is 64.6 Å². The van der Waals surface area contributed by atoms with Crippen molar-refractivity contribution in [3.63, 3.8) is 0 Å². The number of carbonyl (C=O) groups is 1. The maximum atomic E-state index is 12.3. The van der Waals surface area contributed by atoms with Gasteiger partial charge in [-0.15, -0.1) is 0 Å². The van der Waals surface area contributed by atoms with Gasteiger partial charge in [0.05, 0.1) is 24.1 Å². The van der Waals surface area contributed by atoms with E-state index in [4.69, 9.17) is 32.9 Å². The average Bonchev–Trinajstić information content (AvgIpc) is 3.20. The highest BCUT2D eigenvalue weighted by Gasteiger charge is 2.11. The zero-order chi connectivity index (χ0) is 24.6. The Hall–Kier alpha value is -3.02. The molecule has 1 aromatic heterocycles. The maximum Gasteiger partial charge on any atom is 0.224 e. The number of aromatic nitrogens is 2. The zero-order valence-electron chi connectivity index (χ0n) is 19.8. The lowest BCUT2D eigenvalue weighted by Crippen LogP contribution is -2.26. The van der Waals surface area contributed by atoms with E-state index in [1.165, 1.54) is 0 Å². The topological polar surface area (TPSA) is 56.1 Å². The molecule has 0 aliphatic rings. The molecule has 0 saturated carbocycles. The summed E-state index contributed by atoms with van der Waals surface area (Å²) in [7, 11) is 0. The predicted molar refractivity (Wildman–Crippen MR) is 143 cm³/mol. The van der Waals surface area contributed by atoms with Crippen LogP contribution in [0.2, 0.25) is 10.0 Å². The van der Waals surface area contributed by atoms with Crippen LogP contribution in [0.4, 0.5) is 0 Å². The van der Waals surface area contributed by atoms with E-state index in [-0.39, 0.29) is 12.3 Å². The van der Waals surface area contributed by atoms with Crippen molar-refractivity contribution in [2.45, 2.75) is 39.2 Å². The van der Waals surface area contributed by atoms with Crippen molar-refractivity contribution < 1.29 is 9.53 Å². The molecule has 1 amide bonds. The lowest BCUT2D eigenvalue weighted by atomic mass is 10.1. The van der Waals surface area contributed by atoms with Crippen LogP contribution in [0.1, 0.15) is 29.8 Å². The number of amides is 1. The second-order valence-corrected chi connectivity index (χ2v) is 9.32. The van der Waals surface area contributed by atoms with Gasteiger partial charge in [-0.25, -0.2) is 4.98 Å². The normalized spacial score (nSPS) is 11.1. The van der Waals surface area contributed by atoms with E-state index in [0.29, 0.717) is 18.2 Å². The van der Waals surface area contributed by atoms with Crippen LogP contribution in [-0.2, 0) is 24.2 Å². The molecule has 4 rings (SSSR count). The van der Waals surface area contributed by atoms with Crippen molar-refractivity contribution in [2.24, 2.45) is 0 Å². The molecule has 4 aromatic rings. The summed E-state index contributed by atoms with van der Waals surface area (Å²) >= 11 is 12.3. The number of hydrogen-bond donors (Lipinski definition) is 1. The maximum absolute atomic E-state index is 12.3. The second-order valence-electron chi connectivity index (χ2n) is 8.50. The molecule has 5 nitrogen and oxygen atoms in total. The molecule has 35 heavy (non-hydrogen) atoms. The number of fused-ring (bicyclic) bond motifs is 1. The van der Waals surface area contributed by atoms with Crippen molar-refractivity contribution in [2.75, 3.05) is 13.2 Å². The third kappa shape index (κ3) is 6.77. The highest BCUT2D eigenvalue weighted by atomic mass is 35.5. The van der Waals surface area contributed by atoms with Crippen LogP contribution in [0, 0.1) is 6.92 Å². The van der Waals surface area contributed by atoms with Crippen molar-refractivity contribution in [1.29, 1.82) is 0 Å². The number of hydrogen-bond acceptors (Lipinski definition) is 3. The smallest absolute Gasteiger partial charge is 0.224 e. The van der Waals surface area contributed by atoms with Crippen molar-refractivity contribution in [1.82, 2.24) is 14.9 Å². The number of rotatable bonds is 11. The first-order valence-electron chi connectivity index (χ1n) is 11.8. The standard InChI is InChI=1S/C28H29Cl2N3O2/c1-20-18-22(13-14-23(20)29)35-17-7-16-33-26-11-5-4-10-25(26)32-27(33)12-6-15-31-28(34)19-21-8-2-3-9-24(21)30/h2-5,8-11,13-14,18H,6-7,12,15-17,19H2,1H3,(H,31,34). The summed E-state index contributed by atoms with van der Waals surface area (Å²) in [6.07, 6.45) is 2.71. The minimum atomic E-state index is -0.0267. The molecule has 1 N–H and O–H groups in total. The summed E-state index contributed by atoms with van der Waals surface area (Å²) in [6.45, 7) is 3.97. The van der Waals surface area contributed by atoms with Gasteiger partial charge in [0, 0.05) is 29.6 Å². The Bertz CT molecular complexity index is 1300. The Morgan fingerprint density at radius 2 is 1.80 bits per heavy atom. The predicted octanol–water partition coefficient (Wildman–Crippen LogP) is 6.41. The van der Waals surface area contributed by atoms with Crippen LogP contribution in [0.5, 0.6) is 5.75 Å². The molecular weight excluding hydrogens is 481 g/mol. The molecule has 0 fully saturated rings. The minimum absolute atomic E-state index is 0.0267. The van der Waals surface area contributed by atoms with Crippen LogP contribution in [0.15, 0.2) is 66.7 Å². The summed E-state index contributed by atoms with van der Waals surface area (Å²) in [5, 5.41) is 4.36. The van der Waals surface area contributed by atoms with E-state index >= 15 is 0 Å². The van der Waals surface area contributed by atoms with Crippen LogP contribution in [0.25, 0.3) is 11.0 Å². The van der Waals surface area contributed by atoms with Gasteiger partial charge in [-0.1, -0.05) is 53.5 Å². The zero-order valence-corrected chi connectivity index (χ0v) is 21.3. The fourth-order valence-corrected chi connectivity index (χ4v) is 4.36. The highest BCUT2D eigenvalue weighted by molar-refractivity contribution is 6.31. The lowest BCUT2D eigenvalue weighted by Gasteiger charge is -2.11. The minimum Gasteiger partial charge on any atom is -0.494 e. The van der Waals surface area contributed by atoms with E-state index in [9.17, 15) is 4.79 Å². The Kier molecular flexibility index (Phi) is 8.67. The Balaban J connectivity index is 1.30. The number of halogens is 2. The molecule has 0 aliphatic carbocycles. The molecule has 0 spiro atoms. The van der Waals surface area contributed by atoms with Gasteiger partial charge in [0.25, 0.3) is 0 Å². The van der Waals surface area contributed by atoms with Crippen LogP contribution < -0.4 is 10.1 Å². The van der Waals surface area contributed by atoms with Crippen LogP contribution in [-0.4, -0.2) is 28.6 Å². The summed E-state index contributed by atoms with van der Waals surface area (Å²) in [5.41, 5.74) is 3.95. The Labute approximate surface area is 216 Å². The number of imidazole rings is 1. The summed E-state index contributed by atoms with van der Waals surface area (Å²) < 4.78 is 8.19. The first kappa shape index (κ1) is 25.1. The molecule has 1 heterocycles. The molecule has 0 radical (unpaired) electrons. The fraction of sp³-hybridized carbons (Fsp3) is 0.286. The second kappa shape index (κ2) is 12.1. The lowest BCUT2D eigenvalue weighted by molar-refractivity contribution is -0.120. The molecule has 0 atom stereocenters. The molecular formula is C28H29Cl2N3O2. The van der Waals surface area contributed by atoms with Gasteiger partial charge >= 0.3 is 0 Å². The largest absolute Gasteiger partial charge is 0.494 e. The summed E-state index contributed by atoms with van der Waals surface area (Å²) in [4.78, 5) is 17.1. The third-order valence-corrected chi connectivity index (χ3v) is 6.66. The summed E-state index contributed by atoms with van der Waals surface area (Å²) in [5.74, 6) is 1.82. The Morgan fingerprint density at radius 1 is 1.00 bits per heavy atom.